The summed E-state index contributed by atoms with van der Waals surface area (Å²) in [5.74, 6) is 0. The quantitative estimate of drug-likeness (QED) is 0.499. The maximum Gasteiger partial charge on any atom is 0.274 e. The third-order valence-corrected chi connectivity index (χ3v) is 3.03. The van der Waals surface area contributed by atoms with Crippen LogP contribution in [0.5, 0.6) is 0 Å². The molecule has 20 heavy (non-hydrogen) atoms. The van der Waals surface area contributed by atoms with Crippen LogP contribution < -0.4 is 5.32 Å². The van der Waals surface area contributed by atoms with Gasteiger partial charge in [-0.1, -0.05) is 13.0 Å². The molecule has 0 unspecified atom stereocenters. The minimum absolute atomic E-state index is 0.114. The maximum atomic E-state index is 11.0. The average Bonchev–Trinajstić information content (AvgIpc) is 2.88. The van der Waals surface area contributed by atoms with E-state index in [9.17, 15) is 10.1 Å². The first-order valence-corrected chi connectivity index (χ1v) is 6.62. The van der Waals surface area contributed by atoms with Crippen LogP contribution in [0.4, 0.5) is 5.69 Å². The Kier molecular flexibility index (Phi) is 4.47. The third-order valence-electron chi connectivity index (χ3n) is 3.03. The van der Waals surface area contributed by atoms with E-state index in [-0.39, 0.29) is 10.6 Å². The van der Waals surface area contributed by atoms with Crippen LogP contribution in [-0.4, -0.2) is 21.2 Å². The molecule has 2 aromatic rings. The predicted octanol–water partition coefficient (Wildman–Crippen LogP) is 2.59. The van der Waals surface area contributed by atoms with Crippen LogP contribution in [0.3, 0.4) is 0 Å². The molecule has 0 aliphatic carbocycles. The molecule has 2 rings (SSSR count). The number of aryl methyl sites for hydroxylation is 1. The van der Waals surface area contributed by atoms with Crippen molar-refractivity contribution in [3.8, 4) is 5.69 Å². The van der Waals surface area contributed by atoms with Crippen molar-refractivity contribution in [3.63, 3.8) is 0 Å². The van der Waals surface area contributed by atoms with E-state index in [4.69, 9.17) is 0 Å². The van der Waals surface area contributed by atoms with Gasteiger partial charge in [0.25, 0.3) is 5.69 Å². The van der Waals surface area contributed by atoms with E-state index >= 15 is 0 Å². The Hall–Kier alpha value is -2.21. The van der Waals surface area contributed by atoms with Gasteiger partial charge >= 0.3 is 0 Å². The zero-order valence-corrected chi connectivity index (χ0v) is 11.7. The second-order valence-corrected chi connectivity index (χ2v) is 4.66. The summed E-state index contributed by atoms with van der Waals surface area (Å²) in [4.78, 5) is 10.6. The normalized spacial score (nSPS) is 10.7. The summed E-state index contributed by atoms with van der Waals surface area (Å²) in [6.45, 7) is 5.49. The van der Waals surface area contributed by atoms with Gasteiger partial charge in [0.1, 0.15) is 0 Å². The highest BCUT2D eigenvalue weighted by molar-refractivity contribution is 5.48. The van der Waals surface area contributed by atoms with Crippen molar-refractivity contribution in [1.29, 1.82) is 0 Å². The first-order valence-electron chi connectivity index (χ1n) is 6.62. The summed E-state index contributed by atoms with van der Waals surface area (Å²) >= 11 is 0. The fourth-order valence-corrected chi connectivity index (χ4v) is 1.93. The monoisotopic (exact) mass is 274 g/mol. The maximum absolute atomic E-state index is 11.0. The Morgan fingerprint density at radius 1 is 1.40 bits per heavy atom. The van der Waals surface area contributed by atoms with Gasteiger partial charge < -0.3 is 5.32 Å². The number of hydrogen-bond acceptors (Lipinski definition) is 4. The zero-order valence-electron chi connectivity index (χ0n) is 11.7. The second-order valence-electron chi connectivity index (χ2n) is 4.66. The van der Waals surface area contributed by atoms with Crippen molar-refractivity contribution in [3.05, 3.63) is 51.8 Å². The summed E-state index contributed by atoms with van der Waals surface area (Å²) in [6.07, 6.45) is 2.89. The molecule has 0 saturated heterocycles. The molecule has 0 saturated carbocycles. The van der Waals surface area contributed by atoms with Crippen LogP contribution in [0.25, 0.3) is 5.69 Å². The summed E-state index contributed by atoms with van der Waals surface area (Å²) in [5, 5.41) is 18.6. The van der Waals surface area contributed by atoms with E-state index in [1.165, 1.54) is 0 Å². The lowest BCUT2D eigenvalue weighted by Gasteiger charge is -2.03. The number of nitrogens with one attached hydrogen (secondary N) is 1. The van der Waals surface area contributed by atoms with Crippen molar-refractivity contribution >= 4 is 5.69 Å². The number of hydrogen-bond donors (Lipinski definition) is 1. The lowest BCUT2D eigenvalue weighted by atomic mass is 10.2. The van der Waals surface area contributed by atoms with E-state index in [1.807, 2.05) is 18.3 Å². The lowest BCUT2D eigenvalue weighted by Crippen LogP contribution is -2.14. The van der Waals surface area contributed by atoms with Crippen LogP contribution in [-0.2, 0) is 6.54 Å². The van der Waals surface area contributed by atoms with Crippen molar-refractivity contribution in [2.75, 3.05) is 6.54 Å². The molecule has 0 bridgehead atoms. The number of nitro benzene ring substituents is 1. The Morgan fingerprint density at radius 3 is 2.90 bits per heavy atom. The van der Waals surface area contributed by atoms with Crippen LogP contribution in [0.1, 0.15) is 24.6 Å². The molecule has 6 heteroatoms. The third kappa shape index (κ3) is 3.21. The number of aromatic nitrogens is 2. The van der Waals surface area contributed by atoms with E-state index in [0.717, 1.165) is 18.7 Å². The van der Waals surface area contributed by atoms with Gasteiger partial charge in [-0.05, 0) is 32.0 Å². The molecule has 0 aliphatic heterocycles. The summed E-state index contributed by atoms with van der Waals surface area (Å²) in [7, 11) is 0. The zero-order chi connectivity index (χ0) is 14.5. The van der Waals surface area contributed by atoms with E-state index < -0.39 is 0 Å². The largest absolute Gasteiger partial charge is 0.311 e. The Morgan fingerprint density at radius 2 is 2.20 bits per heavy atom. The van der Waals surface area contributed by atoms with Gasteiger partial charge in [-0.3, -0.25) is 10.1 Å². The van der Waals surface area contributed by atoms with E-state index in [0.29, 0.717) is 17.8 Å². The molecule has 1 aromatic carbocycles. The highest BCUT2D eigenvalue weighted by Crippen LogP contribution is 2.21. The van der Waals surface area contributed by atoms with Crippen molar-refractivity contribution in [2.24, 2.45) is 0 Å². The topological polar surface area (TPSA) is 73.0 Å². The highest BCUT2D eigenvalue weighted by atomic mass is 16.6. The van der Waals surface area contributed by atoms with Crippen molar-refractivity contribution < 1.29 is 4.92 Å². The van der Waals surface area contributed by atoms with E-state index in [1.54, 1.807) is 23.7 Å². The SMILES string of the molecule is CCCNCc1ccn(-c2ccc(C)c([N+](=O)[O-])c2)n1. The van der Waals surface area contributed by atoms with Gasteiger partial charge in [-0.2, -0.15) is 5.10 Å². The van der Waals surface area contributed by atoms with Crippen LogP contribution >= 0.6 is 0 Å². The minimum atomic E-state index is -0.369. The van der Waals surface area contributed by atoms with Gasteiger partial charge in [-0.25, -0.2) is 4.68 Å². The number of benzene rings is 1. The molecule has 1 aromatic heterocycles. The van der Waals surface area contributed by atoms with Crippen LogP contribution in [0, 0.1) is 17.0 Å². The fraction of sp³-hybridized carbons (Fsp3) is 0.357. The first kappa shape index (κ1) is 14.2. The lowest BCUT2D eigenvalue weighted by molar-refractivity contribution is -0.385. The average molecular weight is 274 g/mol. The van der Waals surface area contributed by atoms with Gasteiger partial charge in [0.2, 0.25) is 0 Å². The molecule has 0 aliphatic rings. The van der Waals surface area contributed by atoms with Gasteiger partial charge in [0.15, 0.2) is 0 Å². The molecule has 1 N–H and O–H groups in total. The minimum Gasteiger partial charge on any atom is -0.311 e. The molecule has 0 spiro atoms. The number of rotatable bonds is 6. The molecule has 0 fully saturated rings. The Labute approximate surface area is 117 Å². The molecule has 0 amide bonds. The van der Waals surface area contributed by atoms with Gasteiger partial charge in [0.05, 0.1) is 16.3 Å². The van der Waals surface area contributed by atoms with Crippen LogP contribution in [0.2, 0.25) is 0 Å². The summed E-state index contributed by atoms with van der Waals surface area (Å²) < 4.78 is 1.66. The predicted molar refractivity (Wildman–Crippen MR) is 77.0 cm³/mol. The standard InChI is InChI=1S/C14H18N4O2/c1-3-7-15-10-12-6-8-17(16-12)13-5-4-11(2)14(9-13)18(19)20/h4-6,8-9,15H,3,7,10H2,1-2H3. The first-order chi connectivity index (χ1) is 9.61. The molecule has 106 valence electrons. The number of nitro groups is 1. The Bertz CT molecular complexity index is 607. The Balaban J connectivity index is 2.19. The van der Waals surface area contributed by atoms with Crippen molar-refractivity contribution in [2.45, 2.75) is 26.8 Å². The molecular weight excluding hydrogens is 256 g/mol. The summed E-state index contributed by atoms with van der Waals surface area (Å²) in [6, 6.07) is 7.03. The molecular formula is C14H18N4O2. The molecule has 0 atom stereocenters. The smallest absolute Gasteiger partial charge is 0.274 e. The van der Waals surface area contributed by atoms with E-state index in [2.05, 4.69) is 17.3 Å². The molecule has 1 heterocycles. The molecule has 0 radical (unpaired) electrons. The van der Waals surface area contributed by atoms with Crippen molar-refractivity contribution in [1.82, 2.24) is 15.1 Å². The molecule has 6 nitrogen and oxygen atoms in total. The van der Waals surface area contributed by atoms with Gasteiger partial charge in [-0.15, -0.1) is 0 Å². The number of nitrogens with zero attached hydrogens (tertiary/aromatic N) is 3. The fourth-order valence-electron chi connectivity index (χ4n) is 1.93. The van der Waals surface area contributed by atoms with Gasteiger partial charge in [0, 0.05) is 24.4 Å². The van der Waals surface area contributed by atoms with Crippen LogP contribution in [0.15, 0.2) is 30.5 Å². The second kappa shape index (κ2) is 6.29. The highest BCUT2D eigenvalue weighted by Gasteiger charge is 2.12. The summed E-state index contributed by atoms with van der Waals surface area (Å²) in [5.41, 5.74) is 2.38.